The molecule has 0 fully saturated rings. The molecule has 1 amide bonds. The average Bonchev–Trinajstić information content (AvgIpc) is 3.17. The number of H-pyrrole nitrogens is 1. The second kappa shape index (κ2) is 8.85. The summed E-state index contributed by atoms with van der Waals surface area (Å²) < 4.78 is 29.1. The number of ether oxygens (including phenoxy) is 1. The van der Waals surface area contributed by atoms with Crippen LogP contribution < -0.4 is 10.00 Å². The Morgan fingerprint density at radius 3 is 2.62 bits per heavy atom. The van der Waals surface area contributed by atoms with Gasteiger partial charge in [0.1, 0.15) is 5.10 Å². The highest BCUT2D eigenvalue weighted by Crippen LogP contribution is 2.20. The van der Waals surface area contributed by atoms with E-state index in [1.165, 1.54) is 7.11 Å². The zero-order chi connectivity index (χ0) is 20.3. The first-order valence-corrected chi connectivity index (χ1v) is 8.77. The summed E-state index contributed by atoms with van der Waals surface area (Å²) in [6.45, 7) is 0. The molecule has 14 heteroatoms. The molecule has 0 radical (unpaired) electrons. The van der Waals surface area contributed by atoms with Crippen LogP contribution in [0.25, 0.3) is 5.70 Å². The Morgan fingerprint density at radius 2 is 2.03 bits per heavy atom. The van der Waals surface area contributed by atoms with Crippen molar-refractivity contribution in [1.29, 1.82) is 0 Å². The first-order valence-electron chi connectivity index (χ1n) is 7.69. The van der Waals surface area contributed by atoms with E-state index in [1.54, 1.807) is 30.3 Å². The molecular formula is C15H14N6O7S. The number of aromatic nitrogens is 4. The first kappa shape index (κ1) is 21.4. The van der Waals surface area contributed by atoms with Gasteiger partial charge in [-0.05, 0) is 12.1 Å². The maximum Gasteiger partial charge on any atom is 0.395 e. The number of methoxy groups -OCH3 is 1. The van der Waals surface area contributed by atoms with E-state index < -0.39 is 32.0 Å². The summed E-state index contributed by atoms with van der Waals surface area (Å²) in [4.78, 5) is 22.5. The Bertz CT molecular complexity index is 1130. The normalized spacial score (nSPS) is 15.5. The topological polar surface area (TPSA) is 191 Å². The van der Waals surface area contributed by atoms with Gasteiger partial charge in [0, 0.05) is 22.8 Å². The van der Waals surface area contributed by atoms with Crippen molar-refractivity contribution in [2.75, 3.05) is 12.4 Å². The lowest BCUT2D eigenvalue weighted by Crippen LogP contribution is -2.45. The van der Waals surface area contributed by atoms with Gasteiger partial charge in [-0.1, -0.05) is 23.4 Å². The largest absolute Gasteiger partial charge is 0.870 e. The highest BCUT2D eigenvalue weighted by Gasteiger charge is 2.37. The van der Waals surface area contributed by atoms with Crippen LogP contribution in [-0.2, 0) is 15.0 Å². The zero-order valence-corrected chi connectivity index (χ0v) is 15.5. The van der Waals surface area contributed by atoms with Gasteiger partial charge in [0.2, 0.25) is 10.3 Å². The lowest BCUT2D eigenvalue weighted by Gasteiger charge is -2.15. The van der Waals surface area contributed by atoms with Crippen LogP contribution >= 0.6 is 0 Å². The number of nitrogens with zero attached hydrogens (tertiary/aromatic N) is 4. The van der Waals surface area contributed by atoms with Crippen LogP contribution in [0.1, 0.15) is 10.6 Å². The molecule has 0 saturated heterocycles. The standard InChI is InChI=1S/C15H12N6O6S.H2O/c1-27-12-7-11(21(23)24)13(28(25)26)8-10(12)20-14(17-18-19-20)15(22)16-9-5-3-2-4-6-9;/h2-8,11H,1H3,(H,16,22);1H2. The third-order valence-electron chi connectivity index (χ3n) is 3.75. The van der Waals surface area contributed by atoms with Crippen molar-refractivity contribution in [1.82, 2.24) is 15.5 Å². The number of nitro groups is 1. The number of tetrazole rings is 1. The van der Waals surface area contributed by atoms with Gasteiger partial charge < -0.3 is 15.5 Å². The molecule has 1 aliphatic rings. The van der Waals surface area contributed by atoms with Crippen molar-refractivity contribution in [3.63, 3.8) is 0 Å². The van der Waals surface area contributed by atoms with E-state index in [0.717, 1.165) is 16.8 Å². The Kier molecular flexibility index (Phi) is 6.53. The van der Waals surface area contributed by atoms with Crippen LogP contribution in [-0.4, -0.2) is 58.3 Å². The molecule has 1 aromatic heterocycles. The number of carbonyl (C=O) groups is 1. The van der Waals surface area contributed by atoms with E-state index in [4.69, 9.17) is 4.74 Å². The number of benzene rings is 1. The molecule has 0 saturated carbocycles. The van der Waals surface area contributed by atoms with Crippen molar-refractivity contribution >= 4 is 32.4 Å². The first-order chi connectivity index (χ1) is 13.4. The molecule has 152 valence electrons. The fraction of sp³-hybridized carbons (Fsp3) is 0.133. The number of allylic oxidation sites excluding steroid dienone is 1. The maximum atomic E-state index is 12.5. The number of hydrogen-bond donors (Lipinski definition) is 2. The van der Waals surface area contributed by atoms with Gasteiger partial charge in [0.25, 0.3) is 6.04 Å². The number of nitrogens with one attached hydrogen (secondary N) is 2. The van der Waals surface area contributed by atoms with Crippen molar-refractivity contribution < 1.29 is 33.0 Å². The molecule has 1 unspecified atom stereocenters. The Balaban J connectivity index is 0.00000300. The number of amides is 1. The summed E-state index contributed by atoms with van der Waals surface area (Å²) >= 11 is 0. The second-order valence-corrected chi connectivity index (χ2v) is 6.35. The van der Waals surface area contributed by atoms with E-state index in [0.29, 0.717) is 5.69 Å². The molecule has 3 rings (SSSR count). The quantitative estimate of drug-likeness (QED) is 0.270. The third kappa shape index (κ3) is 4.33. The van der Waals surface area contributed by atoms with Crippen molar-refractivity contribution in [2.45, 2.75) is 6.04 Å². The summed E-state index contributed by atoms with van der Waals surface area (Å²) in [5.74, 6) is -0.883. The molecule has 1 heterocycles. The van der Waals surface area contributed by atoms with Crippen LogP contribution in [0.15, 0.2) is 48.2 Å². The summed E-state index contributed by atoms with van der Waals surface area (Å²) in [6.07, 6.45) is 2.04. The minimum atomic E-state index is -2.87. The van der Waals surface area contributed by atoms with E-state index >= 15 is 0 Å². The SMILES string of the molecule is COC1=CC([N+](=O)[O-])C(=S(=O)=O)C=C1[n+]1[nH]nnc1C(=O)Nc1ccccc1.[OH-]. The van der Waals surface area contributed by atoms with Crippen molar-refractivity contribution in [3.8, 4) is 0 Å². The number of hydrogen-bond acceptors (Lipinski definition) is 9. The van der Waals surface area contributed by atoms with Gasteiger partial charge in [0.05, 0.1) is 7.11 Å². The maximum absolute atomic E-state index is 12.5. The van der Waals surface area contributed by atoms with E-state index in [9.17, 15) is 23.3 Å². The fourth-order valence-corrected chi connectivity index (χ4v) is 3.05. The summed E-state index contributed by atoms with van der Waals surface area (Å²) in [6, 6.07) is 6.94. The molecule has 1 aromatic carbocycles. The predicted molar refractivity (Wildman–Crippen MR) is 97.0 cm³/mol. The lowest BCUT2D eigenvalue weighted by molar-refractivity contribution is -0.648. The smallest absolute Gasteiger partial charge is 0.395 e. The number of carbonyl (C=O) groups excluding carboxylic acids is 1. The fourth-order valence-electron chi connectivity index (χ4n) is 2.49. The van der Waals surface area contributed by atoms with E-state index in [-0.39, 0.29) is 22.8 Å². The molecule has 1 aliphatic carbocycles. The molecule has 29 heavy (non-hydrogen) atoms. The second-order valence-electron chi connectivity index (χ2n) is 5.41. The van der Waals surface area contributed by atoms with Crippen LogP contribution in [0, 0.1) is 10.1 Å². The number of anilines is 1. The van der Waals surface area contributed by atoms with Crippen molar-refractivity contribution in [3.05, 3.63) is 64.2 Å². The third-order valence-corrected chi connectivity index (χ3v) is 4.49. The minimum Gasteiger partial charge on any atom is -0.870 e. The lowest BCUT2D eigenvalue weighted by atomic mass is 10.1. The Hall–Kier alpha value is -3.91. The molecule has 0 spiro atoms. The minimum absolute atomic E-state index is 0. The van der Waals surface area contributed by atoms with Gasteiger partial charge in [0.15, 0.2) is 21.5 Å². The monoisotopic (exact) mass is 422 g/mol. The molecule has 0 aliphatic heterocycles. The molecule has 1 atom stereocenters. The molecule has 2 aromatic rings. The summed E-state index contributed by atoms with van der Waals surface area (Å²) in [7, 11) is -1.62. The molecule has 3 N–H and O–H groups in total. The Labute approximate surface area is 164 Å². The highest BCUT2D eigenvalue weighted by atomic mass is 32.2. The van der Waals surface area contributed by atoms with Gasteiger partial charge in [-0.15, -0.1) is 4.68 Å². The number of rotatable bonds is 5. The highest BCUT2D eigenvalue weighted by molar-refractivity contribution is 7.73. The average molecular weight is 422 g/mol. The number of para-hydroxylation sites is 1. The van der Waals surface area contributed by atoms with Crippen molar-refractivity contribution in [2.24, 2.45) is 0 Å². The zero-order valence-electron chi connectivity index (χ0n) is 14.7. The van der Waals surface area contributed by atoms with E-state index in [1.807, 2.05) is 0 Å². The van der Waals surface area contributed by atoms with Crippen LogP contribution in [0.3, 0.4) is 0 Å². The predicted octanol–water partition coefficient (Wildman–Crippen LogP) is -0.751. The van der Waals surface area contributed by atoms with Crippen LogP contribution in [0.5, 0.6) is 0 Å². The number of aromatic amines is 1. The molecule has 0 bridgehead atoms. The van der Waals surface area contributed by atoms with E-state index in [2.05, 4.69) is 20.8 Å². The van der Waals surface area contributed by atoms with Gasteiger partial charge in [-0.25, -0.2) is 0 Å². The van der Waals surface area contributed by atoms with Gasteiger partial charge >= 0.3 is 11.7 Å². The summed E-state index contributed by atoms with van der Waals surface area (Å²) in [5, 5.41) is 23.5. The molecule has 13 nitrogen and oxygen atoms in total. The van der Waals surface area contributed by atoms with Crippen LogP contribution in [0.2, 0.25) is 0 Å². The summed E-state index contributed by atoms with van der Waals surface area (Å²) in [5.41, 5.74) is 0.520. The van der Waals surface area contributed by atoms with Crippen LogP contribution in [0.4, 0.5) is 5.69 Å². The molecular weight excluding hydrogens is 408 g/mol. The van der Waals surface area contributed by atoms with Gasteiger partial charge in [-0.3, -0.25) is 14.9 Å². The Morgan fingerprint density at radius 1 is 1.34 bits per heavy atom. The van der Waals surface area contributed by atoms with Gasteiger partial charge in [-0.2, -0.15) is 8.42 Å².